The van der Waals surface area contributed by atoms with E-state index in [1.165, 1.54) is 18.4 Å². The zero-order valence-electron chi connectivity index (χ0n) is 22.5. The number of benzene rings is 2. The highest BCUT2D eigenvalue weighted by atomic mass is 32.1. The maximum absolute atomic E-state index is 13.8. The van der Waals surface area contributed by atoms with Gasteiger partial charge in [-0.1, -0.05) is 47.2 Å². The molecule has 0 N–H and O–H groups in total. The molecule has 4 rings (SSSR count). The summed E-state index contributed by atoms with van der Waals surface area (Å²) in [6.07, 6.45) is 1.73. The van der Waals surface area contributed by atoms with Crippen molar-refractivity contribution >= 4 is 29.4 Å². The van der Waals surface area contributed by atoms with Gasteiger partial charge in [0.05, 0.1) is 42.2 Å². The molecule has 1 atom stereocenters. The van der Waals surface area contributed by atoms with Crippen molar-refractivity contribution < 1.29 is 28.5 Å². The lowest BCUT2D eigenvalue weighted by molar-refractivity contribution is -0.145. The van der Waals surface area contributed by atoms with E-state index < -0.39 is 18.0 Å². The Hall–Kier alpha value is -4.18. The van der Waals surface area contributed by atoms with Crippen LogP contribution >= 0.6 is 11.3 Å². The molecular formula is C29H30N2O7S. The molecule has 0 fully saturated rings. The summed E-state index contributed by atoms with van der Waals surface area (Å²) >= 11 is 1.24. The first-order valence-corrected chi connectivity index (χ1v) is 13.3. The largest absolute Gasteiger partial charge is 0.493 e. The van der Waals surface area contributed by atoms with E-state index in [4.69, 9.17) is 18.9 Å². The number of carbonyl (C=O) groups excluding carboxylic acids is 2. The Kier molecular flexibility index (Phi) is 8.65. The first kappa shape index (κ1) is 27.8. The molecule has 2 heterocycles. The Bertz CT molecular complexity index is 1600. The third kappa shape index (κ3) is 5.96. The second-order valence-electron chi connectivity index (χ2n) is 8.72. The first-order chi connectivity index (χ1) is 18.8. The van der Waals surface area contributed by atoms with Crippen LogP contribution in [0.3, 0.4) is 0 Å². The summed E-state index contributed by atoms with van der Waals surface area (Å²) in [4.78, 5) is 43.5. The standard InChI is InChI=1S/C29H30N2O7S/c1-6-36-24(32)16-38-21-13-10-19(14-22(21)35-5)15-23-27(33)31-26(20-11-8-17(3)9-12-20)25(28(34)37-7-2)18(4)30-29(31)39-23/h8-15,26H,6-7,16H2,1-5H3/b23-15+/t26-/m0/s1. The van der Waals surface area contributed by atoms with Gasteiger partial charge in [-0.15, -0.1) is 0 Å². The summed E-state index contributed by atoms with van der Waals surface area (Å²) in [5.41, 5.74) is 3.11. The van der Waals surface area contributed by atoms with E-state index in [1.807, 2.05) is 31.2 Å². The van der Waals surface area contributed by atoms with Crippen LogP contribution in [0.4, 0.5) is 0 Å². The van der Waals surface area contributed by atoms with Crippen molar-refractivity contribution in [2.24, 2.45) is 4.99 Å². The molecule has 204 valence electrons. The van der Waals surface area contributed by atoms with E-state index in [-0.39, 0.29) is 25.4 Å². The van der Waals surface area contributed by atoms with Gasteiger partial charge in [-0.25, -0.2) is 14.6 Å². The predicted octanol–water partition coefficient (Wildman–Crippen LogP) is 3.06. The number of carbonyl (C=O) groups is 2. The molecule has 39 heavy (non-hydrogen) atoms. The first-order valence-electron chi connectivity index (χ1n) is 12.5. The molecule has 0 aliphatic carbocycles. The Morgan fingerprint density at radius 2 is 1.74 bits per heavy atom. The number of aromatic nitrogens is 1. The van der Waals surface area contributed by atoms with Gasteiger partial charge in [0.25, 0.3) is 5.56 Å². The average molecular weight is 551 g/mol. The van der Waals surface area contributed by atoms with Gasteiger partial charge < -0.3 is 18.9 Å². The normalized spacial score (nSPS) is 14.9. The summed E-state index contributed by atoms with van der Waals surface area (Å²) in [5.74, 6) is -0.205. The fraction of sp³-hybridized carbons (Fsp3) is 0.310. The topological polar surface area (TPSA) is 105 Å². The van der Waals surface area contributed by atoms with E-state index in [0.717, 1.165) is 11.1 Å². The molecule has 1 aromatic heterocycles. The van der Waals surface area contributed by atoms with Crippen molar-refractivity contribution in [2.75, 3.05) is 26.9 Å². The van der Waals surface area contributed by atoms with Gasteiger partial charge in [0.15, 0.2) is 22.9 Å². The van der Waals surface area contributed by atoms with Gasteiger partial charge in [0.2, 0.25) is 0 Å². The molecule has 0 bridgehead atoms. The molecule has 0 unspecified atom stereocenters. The van der Waals surface area contributed by atoms with Crippen LogP contribution in [0.5, 0.6) is 11.5 Å². The van der Waals surface area contributed by atoms with Crippen LogP contribution < -0.4 is 24.4 Å². The molecule has 1 aliphatic rings. The summed E-state index contributed by atoms with van der Waals surface area (Å²) in [6, 6.07) is 12.2. The molecule has 3 aromatic rings. The van der Waals surface area contributed by atoms with Gasteiger partial charge in [-0.05, 0) is 57.0 Å². The highest BCUT2D eigenvalue weighted by molar-refractivity contribution is 7.07. The van der Waals surface area contributed by atoms with Crippen molar-refractivity contribution in [1.29, 1.82) is 0 Å². The number of allylic oxidation sites excluding steroid dienone is 1. The highest BCUT2D eigenvalue weighted by Crippen LogP contribution is 2.31. The number of fused-ring (bicyclic) bond motifs is 1. The number of methoxy groups -OCH3 is 1. The van der Waals surface area contributed by atoms with Crippen molar-refractivity contribution in [3.63, 3.8) is 0 Å². The molecule has 0 spiro atoms. The minimum Gasteiger partial charge on any atom is -0.493 e. The molecule has 0 saturated heterocycles. The predicted molar refractivity (Wildman–Crippen MR) is 147 cm³/mol. The van der Waals surface area contributed by atoms with Crippen LogP contribution in [0, 0.1) is 6.92 Å². The van der Waals surface area contributed by atoms with Crippen LogP contribution in [-0.2, 0) is 19.1 Å². The molecule has 1 aliphatic heterocycles. The van der Waals surface area contributed by atoms with E-state index in [1.54, 1.807) is 49.6 Å². The number of hydrogen-bond acceptors (Lipinski definition) is 9. The lowest BCUT2D eigenvalue weighted by Crippen LogP contribution is -2.39. The summed E-state index contributed by atoms with van der Waals surface area (Å²) in [5, 5.41) is 0. The van der Waals surface area contributed by atoms with Gasteiger partial charge >= 0.3 is 11.9 Å². The number of esters is 2. The highest BCUT2D eigenvalue weighted by Gasteiger charge is 2.33. The van der Waals surface area contributed by atoms with Gasteiger partial charge in [-0.3, -0.25) is 9.36 Å². The summed E-state index contributed by atoms with van der Waals surface area (Å²) in [7, 11) is 1.49. The van der Waals surface area contributed by atoms with Crippen molar-refractivity contribution in [2.45, 2.75) is 33.7 Å². The summed E-state index contributed by atoms with van der Waals surface area (Å²) in [6.45, 7) is 7.42. The van der Waals surface area contributed by atoms with E-state index in [2.05, 4.69) is 4.99 Å². The number of hydrogen-bond donors (Lipinski definition) is 0. The lowest BCUT2D eigenvalue weighted by Gasteiger charge is -2.24. The average Bonchev–Trinajstić information content (AvgIpc) is 3.21. The number of nitrogens with zero attached hydrogens (tertiary/aromatic N) is 2. The third-order valence-corrected chi connectivity index (χ3v) is 7.03. The second kappa shape index (κ2) is 12.1. The minimum absolute atomic E-state index is 0.210. The number of rotatable bonds is 9. The van der Waals surface area contributed by atoms with E-state index in [9.17, 15) is 14.4 Å². The van der Waals surface area contributed by atoms with Crippen LogP contribution in [-0.4, -0.2) is 43.4 Å². The van der Waals surface area contributed by atoms with Gasteiger partial charge in [-0.2, -0.15) is 0 Å². The number of aryl methyl sites for hydroxylation is 1. The van der Waals surface area contributed by atoms with Crippen LogP contribution in [0.2, 0.25) is 0 Å². The molecule has 0 amide bonds. The van der Waals surface area contributed by atoms with Crippen LogP contribution in [0.15, 0.2) is 63.5 Å². The molecule has 0 saturated carbocycles. The van der Waals surface area contributed by atoms with Gasteiger partial charge in [0.1, 0.15) is 0 Å². The van der Waals surface area contributed by atoms with Gasteiger partial charge in [0, 0.05) is 0 Å². The van der Waals surface area contributed by atoms with Crippen molar-refractivity contribution in [1.82, 2.24) is 4.57 Å². The lowest BCUT2D eigenvalue weighted by atomic mass is 9.95. The van der Waals surface area contributed by atoms with E-state index >= 15 is 0 Å². The smallest absolute Gasteiger partial charge is 0.344 e. The molecular weight excluding hydrogens is 520 g/mol. The van der Waals surface area contributed by atoms with Crippen LogP contribution in [0.25, 0.3) is 6.08 Å². The van der Waals surface area contributed by atoms with Crippen LogP contribution in [0.1, 0.15) is 43.5 Å². The quantitative estimate of drug-likeness (QED) is 0.377. The summed E-state index contributed by atoms with van der Waals surface area (Å²) < 4.78 is 23.2. The monoisotopic (exact) mass is 550 g/mol. The van der Waals surface area contributed by atoms with Crippen molar-refractivity contribution in [3.05, 3.63) is 90.1 Å². The fourth-order valence-corrected chi connectivity index (χ4v) is 5.29. The molecule has 10 heteroatoms. The zero-order chi connectivity index (χ0) is 28.1. The molecule has 9 nitrogen and oxygen atoms in total. The van der Waals surface area contributed by atoms with E-state index in [0.29, 0.717) is 37.7 Å². The Labute approximate surface area is 229 Å². The zero-order valence-corrected chi connectivity index (χ0v) is 23.3. The second-order valence-corrected chi connectivity index (χ2v) is 9.73. The SMILES string of the molecule is CCOC(=O)COc1ccc(/C=c2/sc3n(c2=O)[C@@H](c2ccc(C)cc2)C(C(=O)OCC)=C(C)N=3)cc1OC. The third-order valence-electron chi connectivity index (χ3n) is 6.05. The molecule has 0 radical (unpaired) electrons. The maximum atomic E-state index is 13.8. The molecule has 2 aromatic carbocycles. The Morgan fingerprint density at radius 3 is 2.41 bits per heavy atom. The number of ether oxygens (including phenoxy) is 4. The van der Waals surface area contributed by atoms with Crippen molar-refractivity contribution in [3.8, 4) is 11.5 Å². The minimum atomic E-state index is -0.670. The number of thiazole rings is 1. The Morgan fingerprint density at radius 1 is 1.03 bits per heavy atom. The Balaban J connectivity index is 1.78. The fourth-order valence-electron chi connectivity index (χ4n) is 4.24. The maximum Gasteiger partial charge on any atom is 0.344 e.